The van der Waals surface area contributed by atoms with Crippen molar-refractivity contribution in [1.29, 1.82) is 5.41 Å². The number of nitrogens with zero attached hydrogens (tertiary/aromatic N) is 1. The molecule has 0 unspecified atom stereocenters. The number of nitrogens with one attached hydrogen (secondary N) is 2. The number of hydrogen-bond acceptors (Lipinski definition) is 6. The maximum atomic E-state index is 7.48. The quantitative estimate of drug-likeness (QED) is 0.188. The lowest BCUT2D eigenvalue weighted by molar-refractivity contribution is 0.149. The minimum absolute atomic E-state index is 0.0139. The van der Waals surface area contributed by atoms with E-state index in [-0.39, 0.29) is 17.2 Å². The van der Waals surface area contributed by atoms with Crippen molar-refractivity contribution >= 4 is 11.5 Å². The summed E-state index contributed by atoms with van der Waals surface area (Å²) in [4.78, 5) is 4.03. The Hall–Kier alpha value is -1.60. The highest BCUT2D eigenvalue weighted by Crippen LogP contribution is 1.88. The van der Waals surface area contributed by atoms with Crippen molar-refractivity contribution in [2.24, 2.45) is 16.8 Å². The van der Waals surface area contributed by atoms with Crippen LogP contribution in [0.3, 0.4) is 0 Å². The lowest BCUT2D eigenvalue weighted by atomic mass is 10.3. The van der Waals surface area contributed by atoms with E-state index in [1.54, 1.807) is 7.11 Å². The summed E-state index contributed by atoms with van der Waals surface area (Å²) in [7, 11) is 1.56. The molecule has 7 heteroatoms. The van der Waals surface area contributed by atoms with Crippen molar-refractivity contribution in [3.63, 3.8) is 0 Å². The first-order valence-corrected chi connectivity index (χ1v) is 3.83. The van der Waals surface area contributed by atoms with Crippen molar-refractivity contribution in [3.05, 3.63) is 12.3 Å². The molecular weight excluding hydrogens is 186 g/mol. The van der Waals surface area contributed by atoms with Gasteiger partial charge in [0.1, 0.15) is 5.84 Å². The van der Waals surface area contributed by atoms with Gasteiger partial charge in [-0.15, -0.1) is 5.90 Å². The van der Waals surface area contributed by atoms with E-state index in [4.69, 9.17) is 21.8 Å². The predicted molar refractivity (Wildman–Crippen MR) is 53.6 cm³/mol. The number of amidine groups is 1. The summed E-state index contributed by atoms with van der Waals surface area (Å²) in [6.07, 6.45) is 0. The van der Waals surface area contributed by atoms with Crippen molar-refractivity contribution in [3.8, 4) is 0 Å². The number of oxime groups is 1. The summed E-state index contributed by atoms with van der Waals surface area (Å²) in [5.41, 5.74) is 5.53. The largest absolute Gasteiger partial charge is 0.397 e. The minimum Gasteiger partial charge on any atom is -0.397 e. The molecule has 0 aliphatic carbocycles. The van der Waals surface area contributed by atoms with E-state index in [0.717, 1.165) is 0 Å². The fourth-order valence-corrected chi connectivity index (χ4v) is 0.679. The maximum absolute atomic E-state index is 7.48. The van der Waals surface area contributed by atoms with Crippen LogP contribution in [0.2, 0.25) is 0 Å². The normalized spacial score (nSPS) is 10.9. The molecular formula is C7H15N5O2. The van der Waals surface area contributed by atoms with Crippen molar-refractivity contribution < 1.29 is 9.68 Å². The number of nitrogens with two attached hydrogens (primary N) is 2. The van der Waals surface area contributed by atoms with Crippen LogP contribution in [0.4, 0.5) is 0 Å². The highest BCUT2D eigenvalue weighted by atomic mass is 16.7. The van der Waals surface area contributed by atoms with Gasteiger partial charge in [0.15, 0.2) is 5.71 Å². The molecule has 80 valence electrons. The summed E-state index contributed by atoms with van der Waals surface area (Å²) in [5, 5.41) is 13.5. The van der Waals surface area contributed by atoms with Crippen LogP contribution in [0, 0.1) is 5.41 Å². The predicted octanol–water partition coefficient (Wildman–Crippen LogP) is -1.08. The first-order valence-electron chi connectivity index (χ1n) is 3.83. The first kappa shape index (κ1) is 12.4. The van der Waals surface area contributed by atoms with Gasteiger partial charge < -0.3 is 20.7 Å². The molecule has 0 bridgehead atoms. The Labute approximate surface area is 82.2 Å². The zero-order chi connectivity index (χ0) is 11.0. The maximum Gasteiger partial charge on any atom is 0.169 e. The smallest absolute Gasteiger partial charge is 0.169 e. The fraction of sp³-hybridized carbons (Fsp3) is 0.429. The third-order valence-electron chi connectivity index (χ3n) is 1.29. The summed E-state index contributed by atoms with van der Waals surface area (Å²) in [5.74, 6) is 4.71. The Kier molecular flexibility index (Phi) is 6.08. The third-order valence-corrected chi connectivity index (χ3v) is 1.29. The Morgan fingerprint density at radius 2 is 2.29 bits per heavy atom. The molecule has 0 spiro atoms. The highest BCUT2D eigenvalue weighted by molar-refractivity contribution is 6.45. The molecule has 0 radical (unpaired) electrons. The molecule has 0 amide bonds. The number of hydrogen-bond donors (Lipinski definition) is 4. The molecule has 0 aromatic carbocycles. The molecule has 0 aliphatic rings. The van der Waals surface area contributed by atoms with Crippen LogP contribution < -0.4 is 16.9 Å². The molecule has 14 heavy (non-hydrogen) atoms. The van der Waals surface area contributed by atoms with Crippen LogP contribution >= 0.6 is 0 Å². The molecule has 0 aromatic heterocycles. The van der Waals surface area contributed by atoms with Crippen LogP contribution in [0.5, 0.6) is 0 Å². The Bertz CT molecular complexity index is 238. The SMILES string of the molecule is C=C(N)/C(=N\ON)C(=N)NCCOC. The number of ether oxygens (including phenoxy) is 1. The zero-order valence-corrected chi connectivity index (χ0v) is 8.04. The van der Waals surface area contributed by atoms with Gasteiger partial charge in [-0.1, -0.05) is 11.7 Å². The lowest BCUT2D eigenvalue weighted by Gasteiger charge is -2.08. The molecule has 0 heterocycles. The van der Waals surface area contributed by atoms with Gasteiger partial charge in [0.2, 0.25) is 0 Å². The molecule has 0 fully saturated rings. The van der Waals surface area contributed by atoms with Crippen LogP contribution in [-0.4, -0.2) is 31.8 Å². The van der Waals surface area contributed by atoms with Crippen molar-refractivity contribution in [2.45, 2.75) is 0 Å². The first-order chi connectivity index (χ1) is 6.63. The van der Waals surface area contributed by atoms with E-state index in [1.807, 2.05) is 0 Å². The van der Waals surface area contributed by atoms with Crippen molar-refractivity contribution in [2.75, 3.05) is 20.3 Å². The molecule has 0 saturated heterocycles. The van der Waals surface area contributed by atoms with E-state index >= 15 is 0 Å². The molecule has 0 atom stereocenters. The second-order valence-corrected chi connectivity index (χ2v) is 2.37. The van der Waals surface area contributed by atoms with Crippen LogP contribution in [0.15, 0.2) is 17.4 Å². The molecule has 7 nitrogen and oxygen atoms in total. The van der Waals surface area contributed by atoms with E-state index < -0.39 is 0 Å². The number of rotatable bonds is 6. The Balaban J connectivity index is 4.17. The fourth-order valence-electron chi connectivity index (χ4n) is 0.679. The van der Waals surface area contributed by atoms with Crippen LogP contribution in [0.25, 0.3) is 0 Å². The molecule has 0 rings (SSSR count). The highest BCUT2D eigenvalue weighted by Gasteiger charge is 2.09. The second-order valence-electron chi connectivity index (χ2n) is 2.37. The summed E-state index contributed by atoms with van der Waals surface area (Å²) < 4.78 is 4.78. The van der Waals surface area contributed by atoms with Crippen LogP contribution in [0.1, 0.15) is 0 Å². The van der Waals surface area contributed by atoms with E-state index in [2.05, 4.69) is 22.0 Å². The summed E-state index contributed by atoms with van der Waals surface area (Å²) in [6, 6.07) is 0. The van der Waals surface area contributed by atoms with Gasteiger partial charge in [-0.05, 0) is 0 Å². The second kappa shape index (κ2) is 6.87. The van der Waals surface area contributed by atoms with Crippen molar-refractivity contribution in [1.82, 2.24) is 5.32 Å². The van der Waals surface area contributed by atoms with Gasteiger partial charge in [0.05, 0.1) is 12.3 Å². The van der Waals surface area contributed by atoms with E-state index in [9.17, 15) is 0 Å². The molecule has 6 N–H and O–H groups in total. The molecule has 0 aromatic rings. The standard InChI is InChI=1S/C7H15N5O2/c1-5(8)6(12-14-10)7(9)11-3-4-13-2/h1,3-4,8,10H2,2H3,(H2,9,11)/b12-6+. The molecule has 0 saturated carbocycles. The third kappa shape index (κ3) is 4.43. The van der Waals surface area contributed by atoms with Gasteiger partial charge in [-0.25, -0.2) is 0 Å². The monoisotopic (exact) mass is 201 g/mol. The minimum atomic E-state index is -0.0139. The van der Waals surface area contributed by atoms with Gasteiger partial charge >= 0.3 is 0 Å². The van der Waals surface area contributed by atoms with Gasteiger partial charge in [-0.3, -0.25) is 5.41 Å². The Morgan fingerprint density at radius 1 is 1.64 bits per heavy atom. The topological polar surface area (TPSA) is 119 Å². The zero-order valence-electron chi connectivity index (χ0n) is 8.04. The lowest BCUT2D eigenvalue weighted by Crippen LogP contribution is -2.35. The average molecular weight is 201 g/mol. The van der Waals surface area contributed by atoms with Gasteiger partial charge in [0, 0.05) is 13.7 Å². The molecule has 0 aliphatic heterocycles. The van der Waals surface area contributed by atoms with Gasteiger partial charge in [-0.2, -0.15) is 0 Å². The average Bonchev–Trinajstić information content (AvgIpc) is 2.13. The Morgan fingerprint density at radius 3 is 2.71 bits per heavy atom. The van der Waals surface area contributed by atoms with Crippen LogP contribution in [-0.2, 0) is 9.68 Å². The van der Waals surface area contributed by atoms with E-state index in [1.165, 1.54) is 0 Å². The summed E-state index contributed by atoms with van der Waals surface area (Å²) in [6.45, 7) is 4.36. The van der Waals surface area contributed by atoms with E-state index in [0.29, 0.717) is 13.2 Å². The number of methoxy groups -OCH3 is 1. The van der Waals surface area contributed by atoms with Gasteiger partial charge in [0.25, 0.3) is 0 Å². The summed E-state index contributed by atoms with van der Waals surface area (Å²) >= 11 is 0.